The van der Waals surface area contributed by atoms with Gasteiger partial charge in [-0.25, -0.2) is 0 Å². The fourth-order valence-corrected chi connectivity index (χ4v) is 2.97. The highest BCUT2D eigenvalue weighted by Crippen LogP contribution is 2.36. The normalized spacial score (nSPS) is 29.7. The van der Waals surface area contributed by atoms with Crippen molar-refractivity contribution < 1.29 is 5.11 Å². The van der Waals surface area contributed by atoms with Crippen molar-refractivity contribution >= 4 is 11.3 Å². The van der Waals surface area contributed by atoms with Gasteiger partial charge in [-0.2, -0.15) is 0 Å². The van der Waals surface area contributed by atoms with Gasteiger partial charge >= 0.3 is 0 Å². The minimum atomic E-state index is 0.290. The van der Waals surface area contributed by atoms with Crippen LogP contribution in [0.2, 0.25) is 0 Å². The largest absolute Gasteiger partial charge is 0.395 e. The summed E-state index contributed by atoms with van der Waals surface area (Å²) in [5.74, 6) is 0. The zero-order valence-corrected chi connectivity index (χ0v) is 8.63. The van der Waals surface area contributed by atoms with Gasteiger partial charge < -0.3 is 5.11 Å². The van der Waals surface area contributed by atoms with Crippen LogP contribution in [-0.2, 0) is 0 Å². The van der Waals surface area contributed by atoms with E-state index >= 15 is 0 Å². The molecule has 0 bridgehead atoms. The molecule has 0 amide bonds. The second-order valence-corrected chi connectivity index (χ2v) is 4.59. The van der Waals surface area contributed by atoms with Crippen molar-refractivity contribution in [1.82, 2.24) is 4.90 Å². The smallest absolute Gasteiger partial charge is 0.0586 e. The van der Waals surface area contributed by atoms with Gasteiger partial charge in [-0.05, 0) is 31.3 Å². The predicted octanol–water partition coefficient (Wildman–Crippen LogP) is 1.88. The maximum absolute atomic E-state index is 9.11. The Labute approximate surface area is 82.8 Å². The molecule has 13 heavy (non-hydrogen) atoms. The molecule has 0 aliphatic carbocycles. The number of hydrogen-bond acceptors (Lipinski definition) is 3. The molecule has 0 spiro atoms. The van der Waals surface area contributed by atoms with Gasteiger partial charge in [0.05, 0.1) is 6.61 Å². The van der Waals surface area contributed by atoms with Crippen LogP contribution in [0.5, 0.6) is 0 Å². The lowest BCUT2D eigenvalue weighted by atomic mass is 10.2. The lowest BCUT2D eigenvalue weighted by Gasteiger charge is -2.23. The molecule has 1 aromatic heterocycles. The number of aliphatic hydroxyl groups excluding tert-OH is 1. The minimum absolute atomic E-state index is 0.290. The highest BCUT2D eigenvalue weighted by molar-refractivity contribution is 7.10. The number of likely N-dealkylation sites (tertiary alicyclic amines) is 1. The summed E-state index contributed by atoms with van der Waals surface area (Å²) in [7, 11) is 2.11. The fourth-order valence-electron chi connectivity index (χ4n) is 2.06. The molecule has 0 radical (unpaired) electrons. The lowest BCUT2D eigenvalue weighted by molar-refractivity contribution is 0.157. The van der Waals surface area contributed by atoms with Crippen LogP contribution in [0.15, 0.2) is 17.5 Å². The molecule has 2 atom stereocenters. The molecule has 1 fully saturated rings. The van der Waals surface area contributed by atoms with Crippen LogP contribution in [0.25, 0.3) is 0 Å². The van der Waals surface area contributed by atoms with Gasteiger partial charge in [-0.1, -0.05) is 6.07 Å². The molecule has 3 heteroatoms. The van der Waals surface area contributed by atoms with E-state index in [0.717, 1.165) is 6.42 Å². The Hall–Kier alpha value is -0.380. The summed E-state index contributed by atoms with van der Waals surface area (Å²) in [6.07, 6.45) is 2.30. The van der Waals surface area contributed by atoms with Crippen LogP contribution in [0.4, 0.5) is 0 Å². The van der Waals surface area contributed by atoms with Crippen molar-refractivity contribution in [3.8, 4) is 0 Å². The van der Waals surface area contributed by atoms with E-state index in [1.54, 1.807) is 0 Å². The average Bonchev–Trinajstić information content (AvgIpc) is 2.72. The van der Waals surface area contributed by atoms with Gasteiger partial charge in [0.25, 0.3) is 0 Å². The molecule has 1 N–H and O–H groups in total. The molecule has 1 aromatic rings. The van der Waals surface area contributed by atoms with Crippen molar-refractivity contribution in [1.29, 1.82) is 0 Å². The first kappa shape index (κ1) is 9.19. The van der Waals surface area contributed by atoms with Gasteiger partial charge in [-0.15, -0.1) is 11.3 Å². The number of rotatable bonds is 2. The maximum atomic E-state index is 9.11. The number of aliphatic hydroxyl groups is 1. The summed E-state index contributed by atoms with van der Waals surface area (Å²) >= 11 is 1.81. The second-order valence-electron chi connectivity index (χ2n) is 3.61. The Balaban J connectivity index is 2.11. The zero-order chi connectivity index (χ0) is 9.26. The van der Waals surface area contributed by atoms with E-state index in [4.69, 9.17) is 5.11 Å². The topological polar surface area (TPSA) is 23.5 Å². The highest BCUT2D eigenvalue weighted by atomic mass is 32.1. The van der Waals surface area contributed by atoms with Crippen LogP contribution < -0.4 is 0 Å². The number of thiophene rings is 1. The Morgan fingerprint density at radius 2 is 2.46 bits per heavy atom. The Kier molecular flexibility index (Phi) is 2.67. The molecule has 0 aromatic carbocycles. The Morgan fingerprint density at radius 3 is 3.00 bits per heavy atom. The van der Waals surface area contributed by atoms with Crippen molar-refractivity contribution in [2.75, 3.05) is 13.7 Å². The Bertz CT molecular complexity index is 260. The highest BCUT2D eigenvalue weighted by Gasteiger charge is 2.31. The third-order valence-electron chi connectivity index (χ3n) is 2.92. The number of nitrogens with zero attached hydrogens (tertiary/aromatic N) is 1. The summed E-state index contributed by atoms with van der Waals surface area (Å²) in [6, 6.07) is 5.19. The number of likely N-dealkylation sites (N-methyl/N-ethyl adjacent to an activating group) is 1. The Morgan fingerprint density at radius 1 is 1.62 bits per heavy atom. The van der Waals surface area contributed by atoms with Crippen LogP contribution >= 0.6 is 11.3 Å². The SMILES string of the molecule is CN1[C@H](CO)CC[C@@H]1c1cccs1. The third kappa shape index (κ3) is 1.64. The minimum Gasteiger partial charge on any atom is -0.395 e. The van der Waals surface area contributed by atoms with Gasteiger partial charge in [0, 0.05) is 17.0 Å². The molecule has 1 aliphatic rings. The van der Waals surface area contributed by atoms with Gasteiger partial charge in [-0.3, -0.25) is 4.90 Å². The standard InChI is InChI=1S/C10H15NOS/c1-11-8(7-12)4-5-9(11)10-3-2-6-13-10/h2-3,6,8-9,12H,4-5,7H2,1H3/t8-,9+/m0/s1. The van der Waals surface area contributed by atoms with E-state index in [-0.39, 0.29) is 0 Å². The van der Waals surface area contributed by atoms with Gasteiger partial charge in [0.2, 0.25) is 0 Å². The van der Waals surface area contributed by atoms with Crippen LogP contribution in [0.1, 0.15) is 23.8 Å². The van der Waals surface area contributed by atoms with E-state index in [0.29, 0.717) is 18.7 Å². The number of hydrogen-bond donors (Lipinski definition) is 1. The summed E-state index contributed by atoms with van der Waals surface area (Å²) in [5, 5.41) is 11.2. The average molecular weight is 197 g/mol. The van der Waals surface area contributed by atoms with Crippen LogP contribution in [0.3, 0.4) is 0 Å². The molecule has 2 heterocycles. The maximum Gasteiger partial charge on any atom is 0.0586 e. The van der Waals surface area contributed by atoms with E-state index in [1.165, 1.54) is 11.3 Å². The van der Waals surface area contributed by atoms with E-state index in [1.807, 2.05) is 11.3 Å². The molecule has 72 valence electrons. The summed E-state index contributed by atoms with van der Waals surface area (Å²) in [5.41, 5.74) is 0. The molecule has 2 nitrogen and oxygen atoms in total. The lowest BCUT2D eigenvalue weighted by Crippen LogP contribution is -2.29. The molecule has 1 aliphatic heterocycles. The molecule has 1 saturated heterocycles. The van der Waals surface area contributed by atoms with Gasteiger partial charge in [0.1, 0.15) is 0 Å². The monoisotopic (exact) mass is 197 g/mol. The van der Waals surface area contributed by atoms with Crippen molar-refractivity contribution in [3.63, 3.8) is 0 Å². The van der Waals surface area contributed by atoms with Gasteiger partial charge in [0.15, 0.2) is 0 Å². The first-order valence-corrected chi connectivity index (χ1v) is 5.57. The first-order chi connectivity index (χ1) is 6.33. The predicted molar refractivity (Wildman–Crippen MR) is 54.9 cm³/mol. The molecule has 2 rings (SSSR count). The first-order valence-electron chi connectivity index (χ1n) is 4.69. The molecular formula is C10H15NOS. The summed E-state index contributed by atoms with van der Waals surface area (Å²) in [4.78, 5) is 3.73. The fraction of sp³-hybridized carbons (Fsp3) is 0.600. The summed E-state index contributed by atoms with van der Waals surface area (Å²) in [6.45, 7) is 0.290. The molecule has 0 unspecified atom stereocenters. The van der Waals surface area contributed by atoms with Crippen LogP contribution in [0, 0.1) is 0 Å². The van der Waals surface area contributed by atoms with Crippen molar-refractivity contribution in [2.45, 2.75) is 24.9 Å². The van der Waals surface area contributed by atoms with E-state index in [2.05, 4.69) is 29.5 Å². The quantitative estimate of drug-likeness (QED) is 0.782. The van der Waals surface area contributed by atoms with E-state index < -0.39 is 0 Å². The molecule has 0 saturated carbocycles. The van der Waals surface area contributed by atoms with Crippen molar-refractivity contribution in [3.05, 3.63) is 22.4 Å². The third-order valence-corrected chi connectivity index (χ3v) is 3.90. The van der Waals surface area contributed by atoms with E-state index in [9.17, 15) is 0 Å². The van der Waals surface area contributed by atoms with Crippen LogP contribution in [-0.4, -0.2) is 29.7 Å². The summed E-state index contributed by atoms with van der Waals surface area (Å²) < 4.78 is 0. The molecular weight excluding hydrogens is 182 g/mol. The van der Waals surface area contributed by atoms with Crippen molar-refractivity contribution in [2.24, 2.45) is 0 Å². The second kappa shape index (κ2) is 3.78. The zero-order valence-electron chi connectivity index (χ0n) is 7.81.